The maximum Gasteiger partial charge on any atom is 0.227 e. The van der Waals surface area contributed by atoms with E-state index in [1.54, 1.807) is 29.8 Å². The van der Waals surface area contributed by atoms with Gasteiger partial charge in [0.25, 0.3) is 0 Å². The van der Waals surface area contributed by atoms with E-state index in [1.165, 1.54) is 0 Å². The summed E-state index contributed by atoms with van der Waals surface area (Å²) in [6, 6.07) is 6.03. The van der Waals surface area contributed by atoms with Crippen molar-refractivity contribution in [2.75, 3.05) is 18.9 Å². The summed E-state index contributed by atoms with van der Waals surface area (Å²) in [5, 5.41) is 13.3. The molecule has 3 heterocycles. The van der Waals surface area contributed by atoms with E-state index < -0.39 is 0 Å². The molecular formula is C25H28N4O2S. The first-order chi connectivity index (χ1) is 15.5. The van der Waals surface area contributed by atoms with Crippen molar-refractivity contribution in [1.82, 2.24) is 9.88 Å². The average molecular weight is 449 g/mol. The summed E-state index contributed by atoms with van der Waals surface area (Å²) in [5.41, 5.74) is 3.73. The molecule has 0 saturated heterocycles. The zero-order valence-corrected chi connectivity index (χ0v) is 19.2. The number of anilines is 1. The third kappa shape index (κ3) is 7.03. The van der Waals surface area contributed by atoms with Crippen molar-refractivity contribution in [3.8, 4) is 6.07 Å². The molecule has 0 aliphatic carbocycles. The molecule has 32 heavy (non-hydrogen) atoms. The lowest BCUT2D eigenvalue weighted by Gasteiger charge is -2.27. The van der Waals surface area contributed by atoms with Gasteiger partial charge in [0.15, 0.2) is 0 Å². The van der Waals surface area contributed by atoms with Crippen LogP contribution in [0.4, 0.5) is 5.00 Å². The SMILES string of the molecule is C=C/C=C\C(=C)CCC=O.CNc1sc2c(c1C#N)CCN(C(=O)Cc1cccnc1)C2. The van der Waals surface area contributed by atoms with Crippen molar-refractivity contribution in [2.45, 2.75) is 32.2 Å². The van der Waals surface area contributed by atoms with E-state index in [2.05, 4.69) is 29.5 Å². The lowest BCUT2D eigenvalue weighted by Crippen LogP contribution is -2.36. The standard InChI is InChI=1S/C16H16N4OS.C9H12O/c1-18-16-13(8-17)12-4-6-20(10-14(12)22-16)15(21)7-11-3-2-5-19-9-11;1-3-4-6-9(2)7-5-8-10/h2-3,5,9,18H,4,6-7,10H2,1H3;3-4,6,8H,1-2,5,7H2/b;6-4-. The Morgan fingerprint density at radius 3 is 2.91 bits per heavy atom. The second kappa shape index (κ2) is 13.0. The number of allylic oxidation sites excluding steroid dienone is 4. The summed E-state index contributed by atoms with van der Waals surface area (Å²) < 4.78 is 0. The van der Waals surface area contributed by atoms with Crippen molar-refractivity contribution < 1.29 is 9.59 Å². The molecule has 0 fully saturated rings. The van der Waals surface area contributed by atoms with Crippen molar-refractivity contribution in [3.05, 3.63) is 83.1 Å². The predicted octanol–water partition coefficient (Wildman–Crippen LogP) is 4.45. The number of amides is 1. The quantitative estimate of drug-likeness (QED) is 0.476. The predicted molar refractivity (Wildman–Crippen MR) is 129 cm³/mol. The number of pyridine rings is 1. The van der Waals surface area contributed by atoms with Crippen molar-refractivity contribution >= 4 is 28.5 Å². The van der Waals surface area contributed by atoms with Gasteiger partial charge in [0, 0.05) is 37.3 Å². The fourth-order valence-corrected chi connectivity index (χ4v) is 4.40. The lowest BCUT2D eigenvalue weighted by atomic mass is 10.0. The molecular weight excluding hydrogens is 420 g/mol. The zero-order chi connectivity index (χ0) is 23.3. The van der Waals surface area contributed by atoms with Gasteiger partial charge in [-0.1, -0.05) is 43.0 Å². The topological polar surface area (TPSA) is 86.1 Å². The molecule has 0 spiro atoms. The molecule has 2 aromatic rings. The third-order valence-corrected chi connectivity index (χ3v) is 6.11. The summed E-state index contributed by atoms with van der Waals surface area (Å²) in [5.74, 6) is 0.108. The number of carbonyl (C=O) groups excluding carboxylic acids is 2. The van der Waals surface area contributed by atoms with Crippen molar-refractivity contribution in [3.63, 3.8) is 0 Å². The van der Waals surface area contributed by atoms with E-state index in [0.29, 0.717) is 25.9 Å². The monoisotopic (exact) mass is 448 g/mol. The van der Waals surface area contributed by atoms with E-state index in [-0.39, 0.29) is 5.91 Å². The number of carbonyl (C=O) groups is 2. The van der Waals surface area contributed by atoms with Gasteiger partial charge in [-0.25, -0.2) is 0 Å². The van der Waals surface area contributed by atoms with Gasteiger partial charge in [-0.15, -0.1) is 11.3 Å². The summed E-state index contributed by atoms with van der Waals surface area (Å²) in [7, 11) is 1.82. The van der Waals surface area contributed by atoms with E-state index >= 15 is 0 Å². The van der Waals surface area contributed by atoms with Gasteiger partial charge in [-0.3, -0.25) is 9.78 Å². The molecule has 0 aromatic carbocycles. The maximum atomic E-state index is 12.4. The van der Waals surface area contributed by atoms with Gasteiger partial charge in [-0.05, 0) is 30.0 Å². The van der Waals surface area contributed by atoms with Gasteiger partial charge in [0.1, 0.15) is 17.4 Å². The molecule has 0 saturated carbocycles. The first kappa shape index (κ1) is 24.8. The van der Waals surface area contributed by atoms with Crippen LogP contribution in [0.1, 0.15) is 34.4 Å². The Morgan fingerprint density at radius 2 is 2.28 bits per heavy atom. The number of nitriles is 1. The summed E-state index contributed by atoms with van der Waals surface area (Å²) in [4.78, 5) is 29.4. The highest BCUT2D eigenvalue weighted by Crippen LogP contribution is 2.36. The minimum absolute atomic E-state index is 0.108. The number of rotatable bonds is 8. The highest BCUT2D eigenvalue weighted by Gasteiger charge is 2.26. The van der Waals surface area contributed by atoms with Crippen molar-refractivity contribution in [2.24, 2.45) is 0 Å². The molecule has 7 heteroatoms. The van der Waals surface area contributed by atoms with Gasteiger partial charge in [0.05, 0.1) is 18.5 Å². The second-order valence-electron chi connectivity index (χ2n) is 7.13. The Labute approximate surface area is 193 Å². The van der Waals surface area contributed by atoms with E-state index in [0.717, 1.165) is 51.3 Å². The normalized spacial score (nSPS) is 12.2. The van der Waals surface area contributed by atoms with Crippen molar-refractivity contribution in [1.29, 1.82) is 5.26 Å². The van der Waals surface area contributed by atoms with Gasteiger partial charge >= 0.3 is 0 Å². The maximum absolute atomic E-state index is 12.4. The lowest BCUT2D eigenvalue weighted by molar-refractivity contribution is -0.131. The van der Waals surface area contributed by atoms with Crippen LogP contribution in [-0.4, -0.2) is 35.7 Å². The average Bonchev–Trinajstić information content (AvgIpc) is 3.19. The third-order valence-electron chi connectivity index (χ3n) is 4.88. The number of fused-ring (bicyclic) bond motifs is 1. The van der Waals surface area contributed by atoms with Crippen LogP contribution >= 0.6 is 11.3 Å². The molecule has 1 aliphatic rings. The van der Waals surface area contributed by atoms with Gasteiger partial charge in [0.2, 0.25) is 5.91 Å². The fourth-order valence-electron chi connectivity index (χ4n) is 3.23. The molecule has 2 aromatic heterocycles. The van der Waals surface area contributed by atoms with Crippen LogP contribution in [0, 0.1) is 11.3 Å². The molecule has 0 atom stereocenters. The highest BCUT2D eigenvalue weighted by atomic mass is 32.1. The Morgan fingerprint density at radius 1 is 1.47 bits per heavy atom. The first-order valence-corrected chi connectivity index (χ1v) is 11.1. The number of aldehydes is 1. The molecule has 3 rings (SSSR count). The summed E-state index contributed by atoms with van der Waals surface area (Å²) in [6.07, 6.45) is 12.1. The second-order valence-corrected chi connectivity index (χ2v) is 8.24. The van der Waals surface area contributed by atoms with Crippen LogP contribution in [0.25, 0.3) is 0 Å². The molecule has 1 N–H and O–H groups in total. The molecule has 0 radical (unpaired) electrons. The van der Waals surface area contributed by atoms with Crippen LogP contribution in [0.3, 0.4) is 0 Å². The van der Waals surface area contributed by atoms with Crippen LogP contribution in [0.15, 0.2) is 61.5 Å². The first-order valence-electron chi connectivity index (χ1n) is 10.3. The van der Waals surface area contributed by atoms with Gasteiger partial charge < -0.3 is 15.0 Å². The number of hydrogen-bond donors (Lipinski definition) is 1. The van der Waals surface area contributed by atoms with Crippen LogP contribution < -0.4 is 5.32 Å². The molecule has 0 unspecified atom stereocenters. The Bertz CT molecular complexity index is 1020. The number of nitrogens with zero attached hydrogens (tertiary/aromatic N) is 3. The fraction of sp³-hybridized carbons (Fsp3) is 0.280. The van der Waals surface area contributed by atoms with Crippen LogP contribution in [0.5, 0.6) is 0 Å². The largest absolute Gasteiger partial charge is 0.379 e. The summed E-state index contributed by atoms with van der Waals surface area (Å²) >= 11 is 1.57. The Balaban J connectivity index is 0.000000309. The van der Waals surface area contributed by atoms with E-state index in [4.69, 9.17) is 0 Å². The van der Waals surface area contributed by atoms with Crippen LogP contribution in [-0.2, 0) is 29.0 Å². The minimum atomic E-state index is 0.108. The number of aromatic nitrogens is 1. The number of thiophene rings is 1. The molecule has 0 bridgehead atoms. The zero-order valence-electron chi connectivity index (χ0n) is 18.3. The molecule has 1 aliphatic heterocycles. The van der Waals surface area contributed by atoms with Crippen LogP contribution in [0.2, 0.25) is 0 Å². The molecule has 166 valence electrons. The summed E-state index contributed by atoms with van der Waals surface area (Å²) in [6.45, 7) is 8.51. The van der Waals surface area contributed by atoms with E-state index in [9.17, 15) is 14.9 Å². The Hall–Kier alpha value is -3.50. The highest BCUT2D eigenvalue weighted by molar-refractivity contribution is 7.16. The van der Waals surface area contributed by atoms with E-state index in [1.807, 2.05) is 36.2 Å². The molecule has 6 nitrogen and oxygen atoms in total. The molecule has 1 amide bonds. The number of nitrogens with one attached hydrogen (secondary N) is 1. The Kier molecular flexibility index (Phi) is 10.1. The van der Waals surface area contributed by atoms with Gasteiger partial charge in [-0.2, -0.15) is 5.26 Å². The number of hydrogen-bond acceptors (Lipinski definition) is 6. The minimum Gasteiger partial charge on any atom is -0.379 e. The smallest absolute Gasteiger partial charge is 0.227 e.